The topological polar surface area (TPSA) is 77.6 Å². The van der Waals surface area contributed by atoms with Crippen molar-refractivity contribution in [2.75, 3.05) is 26.9 Å². The maximum absolute atomic E-state index is 7.35. The molecule has 0 spiro atoms. The quantitative estimate of drug-likeness (QED) is 0.420. The largest absolute Gasteiger partial charge is 0.493 e. The van der Waals surface area contributed by atoms with Crippen molar-refractivity contribution in [3.63, 3.8) is 0 Å². The van der Waals surface area contributed by atoms with Crippen LogP contribution in [0.4, 0.5) is 0 Å². The van der Waals surface area contributed by atoms with Crippen LogP contribution in [0.5, 0.6) is 11.5 Å². The molecule has 0 atom stereocenters. The van der Waals surface area contributed by atoms with Crippen molar-refractivity contribution in [3.05, 3.63) is 23.8 Å². The van der Waals surface area contributed by atoms with E-state index in [2.05, 4.69) is 6.92 Å². The summed E-state index contributed by atoms with van der Waals surface area (Å²) in [5, 5.41) is 7.35. The Morgan fingerprint density at radius 3 is 2.61 bits per heavy atom. The Morgan fingerprint density at radius 2 is 2.00 bits per heavy atom. The average Bonchev–Trinajstić information content (AvgIpc) is 2.38. The highest BCUT2D eigenvalue weighted by Gasteiger charge is 2.07. The van der Waals surface area contributed by atoms with E-state index in [4.69, 9.17) is 25.4 Å². The number of benzene rings is 1. The van der Waals surface area contributed by atoms with Crippen molar-refractivity contribution in [2.24, 2.45) is 5.73 Å². The first-order valence-corrected chi connectivity index (χ1v) is 5.92. The molecule has 1 aromatic rings. The van der Waals surface area contributed by atoms with Crippen LogP contribution in [0.15, 0.2) is 18.2 Å². The number of hydrogen-bond donors (Lipinski definition) is 2. The van der Waals surface area contributed by atoms with E-state index in [9.17, 15) is 0 Å². The molecule has 0 amide bonds. The smallest absolute Gasteiger partial charge is 0.161 e. The van der Waals surface area contributed by atoms with Crippen LogP contribution in [0.1, 0.15) is 18.9 Å². The molecule has 18 heavy (non-hydrogen) atoms. The van der Waals surface area contributed by atoms with Gasteiger partial charge in [0.1, 0.15) is 12.4 Å². The van der Waals surface area contributed by atoms with E-state index >= 15 is 0 Å². The fourth-order valence-electron chi connectivity index (χ4n) is 1.41. The first kappa shape index (κ1) is 14.3. The molecule has 0 bridgehead atoms. The van der Waals surface area contributed by atoms with Crippen molar-refractivity contribution in [1.29, 1.82) is 5.41 Å². The molecule has 1 aromatic carbocycles. The fraction of sp³-hybridized carbons (Fsp3) is 0.462. The molecule has 5 nitrogen and oxygen atoms in total. The summed E-state index contributed by atoms with van der Waals surface area (Å²) in [5.41, 5.74) is 6.02. The van der Waals surface area contributed by atoms with Crippen LogP contribution in [0.25, 0.3) is 0 Å². The third-order valence-corrected chi connectivity index (χ3v) is 2.31. The second kappa shape index (κ2) is 7.55. The number of amidine groups is 1. The average molecular weight is 252 g/mol. The number of ether oxygens (including phenoxy) is 3. The predicted octanol–water partition coefficient (Wildman–Crippen LogP) is 1.78. The van der Waals surface area contributed by atoms with Crippen LogP contribution in [-0.2, 0) is 4.74 Å². The van der Waals surface area contributed by atoms with Crippen molar-refractivity contribution >= 4 is 5.84 Å². The Morgan fingerprint density at radius 1 is 1.22 bits per heavy atom. The fourth-order valence-corrected chi connectivity index (χ4v) is 1.41. The lowest BCUT2D eigenvalue weighted by atomic mass is 10.2. The van der Waals surface area contributed by atoms with Crippen LogP contribution in [0.3, 0.4) is 0 Å². The van der Waals surface area contributed by atoms with Gasteiger partial charge < -0.3 is 19.9 Å². The van der Waals surface area contributed by atoms with Crippen molar-refractivity contribution in [3.8, 4) is 11.5 Å². The van der Waals surface area contributed by atoms with Gasteiger partial charge in [-0.2, -0.15) is 0 Å². The van der Waals surface area contributed by atoms with Gasteiger partial charge in [0.05, 0.1) is 13.7 Å². The molecule has 0 aliphatic rings. The SMILES string of the molecule is CCCOCCOc1ccc(C(=N)N)cc1OC. The van der Waals surface area contributed by atoms with E-state index in [1.807, 2.05) is 0 Å². The molecule has 0 heterocycles. The van der Waals surface area contributed by atoms with E-state index in [0.29, 0.717) is 30.3 Å². The number of nitrogens with one attached hydrogen (secondary N) is 1. The van der Waals surface area contributed by atoms with Crippen LogP contribution >= 0.6 is 0 Å². The van der Waals surface area contributed by atoms with Gasteiger partial charge >= 0.3 is 0 Å². The highest BCUT2D eigenvalue weighted by molar-refractivity contribution is 5.95. The van der Waals surface area contributed by atoms with Crippen molar-refractivity contribution in [2.45, 2.75) is 13.3 Å². The maximum atomic E-state index is 7.35. The molecule has 0 aromatic heterocycles. The van der Waals surface area contributed by atoms with Crippen LogP contribution in [-0.4, -0.2) is 32.8 Å². The number of nitrogens with two attached hydrogens (primary N) is 1. The summed E-state index contributed by atoms with van der Waals surface area (Å²) in [6.45, 7) is 3.81. The minimum Gasteiger partial charge on any atom is -0.493 e. The lowest BCUT2D eigenvalue weighted by molar-refractivity contribution is 0.0995. The summed E-state index contributed by atoms with van der Waals surface area (Å²) in [4.78, 5) is 0. The maximum Gasteiger partial charge on any atom is 0.161 e. The zero-order valence-electron chi connectivity index (χ0n) is 10.9. The zero-order chi connectivity index (χ0) is 13.4. The summed E-state index contributed by atoms with van der Waals surface area (Å²) < 4.78 is 16.1. The summed E-state index contributed by atoms with van der Waals surface area (Å²) in [5.74, 6) is 1.20. The minimum absolute atomic E-state index is 0.00568. The first-order valence-electron chi connectivity index (χ1n) is 5.92. The standard InChI is InChI=1S/C13H20N2O3/c1-3-6-17-7-8-18-11-5-4-10(13(14)15)9-12(11)16-2/h4-5,9H,3,6-8H2,1-2H3,(H3,14,15). The minimum atomic E-state index is 0.00568. The van der Waals surface area contributed by atoms with Crippen LogP contribution < -0.4 is 15.2 Å². The van der Waals surface area contributed by atoms with E-state index in [-0.39, 0.29) is 5.84 Å². The lowest BCUT2D eigenvalue weighted by Crippen LogP contribution is -2.12. The first-order chi connectivity index (χ1) is 8.69. The van der Waals surface area contributed by atoms with E-state index in [1.54, 1.807) is 25.3 Å². The molecule has 100 valence electrons. The number of nitrogen functional groups attached to an aromatic ring is 1. The van der Waals surface area contributed by atoms with Crippen LogP contribution in [0.2, 0.25) is 0 Å². The third kappa shape index (κ3) is 4.25. The Balaban J connectivity index is 2.57. The van der Waals surface area contributed by atoms with E-state index < -0.39 is 0 Å². The molecule has 0 saturated heterocycles. The van der Waals surface area contributed by atoms with Gasteiger partial charge in [0, 0.05) is 12.2 Å². The lowest BCUT2D eigenvalue weighted by Gasteiger charge is -2.11. The number of methoxy groups -OCH3 is 1. The molecule has 0 fully saturated rings. The zero-order valence-corrected chi connectivity index (χ0v) is 10.9. The summed E-state index contributed by atoms with van der Waals surface area (Å²) >= 11 is 0. The Hall–Kier alpha value is -1.75. The monoisotopic (exact) mass is 252 g/mol. The summed E-state index contributed by atoms with van der Waals surface area (Å²) in [6, 6.07) is 5.16. The Kier molecular flexibility index (Phi) is 6.00. The predicted molar refractivity (Wildman–Crippen MR) is 70.6 cm³/mol. The molecule has 0 aliphatic carbocycles. The van der Waals surface area contributed by atoms with Gasteiger partial charge in [0.15, 0.2) is 11.5 Å². The second-order valence-corrected chi connectivity index (χ2v) is 3.74. The van der Waals surface area contributed by atoms with Gasteiger partial charge in [-0.05, 0) is 24.6 Å². The molecule has 0 radical (unpaired) electrons. The molecule has 1 rings (SSSR count). The molecule has 0 aliphatic heterocycles. The summed E-state index contributed by atoms with van der Waals surface area (Å²) in [6.07, 6.45) is 0.997. The normalized spacial score (nSPS) is 10.1. The van der Waals surface area contributed by atoms with Gasteiger partial charge in [-0.15, -0.1) is 0 Å². The molecule has 0 unspecified atom stereocenters. The Bertz CT molecular complexity index is 394. The third-order valence-electron chi connectivity index (χ3n) is 2.31. The highest BCUT2D eigenvalue weighted by atomic mass is 16.5. The molecular weight excluding hydrogens is 232 g/mol. The second-order valence-electron chi connectivity index (χ2n) is 3.74. The van der Waals surface area contributed by atoms with E-state index in [1.165, 1.54) is 0 Å². The number of rotatable bonds is 8. The van der Waals surface area contributed by atoms with Crippen molar-refractivity contribution < 1.29 is 14.2 Å². The van der Waals surface area contributed by atoms with Gasteiger partial charge in [-0.25, -0.2) is 0 Å². The van der Waals surface area contributed by atoms with Gasteiger partial charge in [-0.3, -0.25) is 5.41 Å². The van der Waals surface area contributed by atoms with Gasteiger partial charge in [-0.1, -0.05) is 6.92 Å². The van der Waals surface area contributed by atoms with Crippen LogP contribution in [0, 0.1) is 5.41 Å². The molecule has 3 N–H and O–H groups in total. The van der Waals surface area contributed by atoms with Gasteiger partial charge in [0.25, 0.3) is 0 Å². The van der Waals surface area contributed by atoms with E-state index in [0.717, 1.165) is 13.0 Å². The molecular formula is C13H20N2O3. The summed E-state index contributed by atoms with van der Waals surface area (Å²) in [7, 11) is 1.56. The number of hydrogen-bond acceptors (Lipinski definition) is 4. The molecule has 5 heteroatoms. The van der Waals surface area contributed by atoms with Gasteiger partial charge in [0.2, 0.25) is 0 Å². The highest BCUT2D eigenvalue weighted by Crippen LogP contribution is 2.27. The van der Waals surface area contributed by atoms with Crippen molar-refractivity contribution in [1.82, 2.24) is 0 Å². The molecule has 0 saturated carbocycles. The Labute approximate surface area is 107 Å².